The molecule has 4 nitrogen and oxygen atoms in total. The van der Waals surface area contributed by atoms with Crippen LogP contribution in [0.25, 0.3) is 0 Å². The van der Waals surface area contributed by atoms with Crippen molar-refractivity contribution in [2.75, 3.05) is 0 Å². The number of carbonyl (C=O) groups is 2. The maximum atomic E-state index is 11.9. The standard InChI is InChI=1S/C10H10Cl3NO3S/c1-3(2)6(10(16)17)14-9(15)7-4(11)5(12)8(13)18-7/h3,6H,1-2H3,(H,14,15)(H,16,17)/t6-/m0/s1. The Morgan fingerprint density at radius 2 is 1.78 bits per heavy atom. The van der Waals surface area contributed by atoms with Gasteiger partial charge in [-0.1, -0.05) is 48.7 Å². The van der Waals surface area contributed by atoms with Crippen molar-refractivity contribution >= 4 is 58.0 Å². The van der Waals surface area contributed by atoms with Crippen molar-refractivity contribution in [2.45, 2.75) is 19.9 Å². The van der Waals surface area contributed by atoms with E-state index in [-0.39, 0.29) is 25.2 Å². The first-order valence-corrected chi connectivity index (χ1v) is 6.87. The summed E-state index contributed by atoms with van der Waals surface area (Å²) in [5.74, 6) is -1.96. The van der Waals surface area contributed by atoms with Gasteiger partial charge in [0.25, 0.3) is 5.91 Å². The van der Waals surface area contributed by atoms with Gasteiger partial charge < -0.3 is 10.4 Å². The number of carbonyl (C=O) groups excluding carboxylic acids is 1. The summed E-state index contributed by atoms with van der Waals surface area (Å²) >= 11 is 18.2. The van der Waals surface area contributed by atoms with Crippen molar-refractivity contribution in [2.24, 2.45) is 5.92 Å². The van der Waals surface area contributed by atoms with Crippen LogP contribution < -0.4 is 5.32 Å². The molecule has 0 saturated heterocycles. The molecule has 0 unspecified atom stereocenters. The van der Waals surface area contributed by atoms with Crippen LogP contribution in [0.5, 0.6) is 0 Å². The second kappa shape index (κ2) is 6.10. The van der Waals surface area contributed by atoms with Crippen molar-refractivity contribution in [1.82, 2.24) is 5.32 Å². The summed E-state index contributed by atoms with van der Waals surface area (Å²) < 4.78 is 0.197. The van der Waals surface area contributed by atoms with Crippen LogP contribution in [-0.4, -0.2) is 23.0 Å². The molecule has 0 spiro atoms. The van der Waals surface area contributed by atoms with Crippen molar-refractivity contribution < 1.29 is 14.7 Å². The first kappa shape index (κ1) is 15.6. The molecule has 1 aromatic heterocycles. The lowest BCUT2D eigenvalue weighted by Crippen LogP contribution is -2.44. The topological polar surface area (TPSA) is 66.4 Å². The number of amides is 1. The van der Waals surface area contributed by atoms with E-state index in [0.717, 1.165) is 11.3 Å². The maximum Gasteiger partial charge on any atom is 0.326 e. The third kappa shape index (κ3) is 3.29. The molecule has 1 amide bonds. The summed E-state index contributed by atoms with van der Waals surface area (Å²) in [6, 6.07) is -0.992. The van der Waals surface area contributed by atoms with Crippen molar-refractivity contribution in [3.8, 4) is 0 Å². The van der Waals surface area contributed by atoms with Gasteiger partial charge in [0, 0.05) is 0 Å². The van der Waals surface area contributed by atoms with Gasteiger partial charge in [0.15, 0.2) is 0 Å². The summed E-state index contributed by atoms with van der Waals surface area (Å²) in [7, 11) is 0. The van der Waals surface area contributed by atoms with Gasteiger partial charge in [-0.05, 0) is 5.92 Å². The van der Waals surface area contributed by atoms with Gasteiger partial charge in [0.05, 0.1) is 10.0 Å². The predicted molar refractivity (Wildman–Crippen MR) is 73.1 cm³/mol. The van der Waals surface area contributed by atoms with E-state index in [1.807, 2.05) is 0 Å². The van der Waals surface area contributed by atoms with E-state index in [4.69, 9.17) is 39.9 Å². The Hall–Kier alpha value is -0.490. The molecule has 0 fully saturated rings. The molecule has 0 saturated carbocycles. The first-order chi connectivity index (χ1) is 8.25. The fraction of sp³-hybridized carbons (Fsp3) is 0.400. The Balaban J connectivity index is 2.94. The molecule has 0 bridgehead atoms. The van der Waals surface area contributed by atoms with E-state index in [1.165, 1.54) is 0 Å². The van der Waals surface area contributed by atoms with E-state index < -0.39 is 17.9 Å². The molecule has 0 aliphatic rings. The highest BCUT2D eigenvalue weighted by molar-refractivity contribution is 7.19. The second-order valence-corrected chi connectivity index (χ2v) is 6.24. The minimum absolute atomic E-state index is 0.0389. The molecule has 0 aromatic carbocycles. The number of nitrogens with one attached hydrogen (secondary N) is 1. The van der Waals surface area contributed by atoms with Gasteiger partial charge in [0.1, 0.15) is 15.3 Å². The van der Waals surface area contributed by atoms with Crippen LogP contribution in [0.1, 0.15) is 23.5 Å². The third-order valence-electron chi connectivity index (χ3n) is 2.18. The normalized spacial score (nSPS) is 12.6. The van der Waals surface area contributed by atoms with Gasteiger partial charge in [-0.2, -0.15) is 0 Å². The van der Waals surface area contributed by atoms with Crippen molar-refractivity contribution in [1.29, 1.82) is 0 Å². The van der Waals surface area contributed by atoms with E-state index in [2.05, 4.69) is 5.32 Å². The Labute approximate surface area is 123 Å². The van der Waals surface area contributed by atoms with Crippen LogP contribution in [-0.2, 0) is 4.79 Å². The van der Waals surface area contributed by atoms with Crippen LogP contribution >= 0.6 is 46.1 Å². The highest BCUT2D eigenvalue weighted by atomic mass is 35.5. The molecule has 1 aromatic rings. The van der Waals surface area contributed by atoms with Crippen molar-refractivity contribution in [3.05, 3.63) is 19.3 Å². The maximum absolute atomic E-state index is 11.9. The van der Waals surface area contributed by atoms with Crippen LogP contribution in [0.3, 0.4) is 0 Å². The zero-order valence-corrected chi connectivity index (χ0v) is 12.5. The minimum Gasteiger partial charge on any atom is -0.480 e. The summed E-state index contributed by atoms with van der Waals surface area (Å²) in [5.41, 5.74) is 0. The highest BCUT2D eigenvalue weighted by Gasteiger charge is 2.27. The molecule has 8 heteroatoms. The Morgan fingerprint density at radius 1 is 1.22 bits per heavy atom. The SMILES string of the molecule is CC(C)[C@H](NC(=O)c1sc(Cl)c(Cl)c1Cl)C(=O)O. The van der Waals surface area contributed by atoms with Gasteiger partial charge >= 0.3 is 5.97 Å². The molecule has 18 heavy (non-hydrogen) atoms. The Morgan fingerprint density at radius 3 is 2.11 bits per heavy atom. The van der Waals surface area contributed by atoms with Gasteiger partial charge in [-0.25, -0.2) is 4.79 Å². The molecule has 0 aliphatic carbocycles. The fourth-order valence-corrected chi connectivity index (χ4v) is 2.94. The summed E-state index contributed by atoms with van der Waals surface area (Å²) in [6.07, 6.45) is 0. The number of halogens is 3. The lowest BCUT2D eigenvalue weighted by atomic mass is 10.0. The lowest BCUT2D eigenvalue weighted by Gasteiger charge is -2.17. The number of thiophene rings is 1. The molecule has 1 rings (SSSR count). The van der Waals surface area contributed by atoms with Gasteiger partial charge in [-0.15, -0.1) is 11.3 Å². The van der Waals surface area contributed by atoms with Gasteiger partial charge in [-0.3, -0.25) is 4.79 Å². The third-order valence-corrected chi connectivity index (χ3v) is 4.75. The molecule has 1 heterocycles. The Kier molecular flexibility index (Phi) is 5.28. The number of aliphatic carboxylic acids is 1. The monoisotopic (exact) mass is 329 g/mol. The second-order valence-electron chi connectivity index (χ2n) is 3.87. The fourth-order valence-electron chi connectivity index (χ4n) is 1.23. The number of hydrogen-bond acceptors (Lipinski definition) is 3. The largest absolute Gasteiger partial charge is 0.480 e. The van der Waals surface area contributed by atoms with Crippen molar-refractivity contribution in [3.63, 3.8) is 0 Å². The molecule has 100 valence electrons. The molecule has 1 atom stereocenters. The predicted octanol–water partition coefficient (Wildman–Crippen LogP) is 3.55. The summed E-state index contributed by atoms with van der Waals surface area (Å²) in [4.78, 5) is 23.0. The zero-order chi connectivity index (χ0) is 14.0. The number of carboxylic acid groups (broad SMARTS) is 1. The summed E-state index contributed by atoms with van der Waals surface area (Å²) in [5, 5.41) is 11.5. The number of hydrogen-bond donors (Lipinski definition) is 2. The number of rotatable bonds is 4. The zero-order valence-electron chi connectivity index (χ0n) is 9.46. The molecule has 0 radical (unpaired) electrons. The van der Waals surface area contributed by atoms with Crippen LogP contribution in [0.2, 0.25) is 14.4 Å². The van der Waals surface area contributed by atoms with Gasteiger partial charge in [0.2, 0.25) is 0 Å². The van der Waals surface area contributed by atoms with E-state index in [1.54, 1.807) is 13.8 Å². The van der Waals surface area contributed by atoms with E-state index in [0.29, 0.717) is 0 Å². The van der Waals surface area contributed by atoms with Crippen LogP contribution in [0.4, 0.5) is 0 Å². The average molecular weight is 331 g/mol. The van der Waals surface area contributed by atoms with E-state index in [9.17, 15) is 9.59 Å². The minimum atomic E-state index is -1.11. The smallest absolute Gasteiger partial charge is 0.326 e. The molecule has 2 N–H and O–H groups in total. The van der Waals surface area contributed by atoms with Crippen LogP contribution in [0.15, 0.2) is 0 Å². The lowest BCUT2D eigenvalue weighted by molar-refractivity contribution is -0.140. The first-order valence-electron chi connectivity index (χ1n) is 4.92. The quantitative estimate of drug-likeness (QED) is 0.887. The van der Waals surface area contributed by atoms with Crippen LogP contribution in [0, 0.1) is 5.92 Å². The molecular weight excluding hydrogens is 321 g/mol. The Bertz CT molecular complexity index is 487. The average Bonchev–Trinajstić information content (AvgIpc) is 2.52. The molecular formula is C10H10Cl3NO3S. The molecule has 0 aliphatic heterocycles. The number of carboxylic acids is 1. The highest BCUT2D eigenvalue weighted by Crippen LogP contribution is 2.40. The summed E-state index contributed by atoms with van der Waals surface area (Å²) in [6.45, 7) is 3.38. The van der Waals surface area contributed by atoms with E-state index >= 15 is 0 Å².